The van der Waals surface area contributed by atoms with E-state index in [-0.39, 0.29) is 5.82 Å². The Morgan fingerprint density at radius 3 is 2.59 bits per heavy atom. The molecule has 2 rings (SSSR count). The van der Waals surface area contributed by atoms with Crippen LogP contribution in [0.4, 0.5) is 4.39 Å². The van der Waals surface area contributed by atoms with Crippen LogP contribution >= 0.6 is 0 Å². The van der Waals surface area contributed by atoms with Gasteiger partial charge in [-0.1, -0.05) is 24.3 Å². The van der Waals surface area contributed by atoms with Crippen LogP contribution in [0.5, 0.6) is 0 Å². The smallest absolute Gasteiger partial charge is 0.123 e. The van der Waals surface area contributed by atoms with Crippen LogP contribution in [0.25, 0.3) is 0 Å². The van der Waals surface area contributed by atoms with Crippen LogP contribution in [0, 0.1) is 5.82 Å². The molecule has 0 aromatic heterocycles. The van der Waals surface area contributed by atoms with Gasteiger partial charge < -0.3 is 0 Å². The summed E-state index contributed by atoms with van der Waals surface area (Å²) in [7, 11) is 2.15. The molecular formula is C15H20FN. The Morgan fingerprint density at radius 2 is 2.00 bits per heavy atom. The van der Waals surface area contributed by atoms with Crippen LogP contribution < -0.4 is 0 Å². The summed E-state index contributed by atoms with van der Waals surface area (Å²) < 4.78 is 12.9. The van der Waals surface area contributed by atoms with Crippen LogP contribution in [0.1, 0.15) is 37.8 Å². The molecule has 92 valence electrons. The van der Waals surface area contributed by atoms with Gasteiger partial charge in [0.2, 0.25) is 0 Å². The molecule has 1 aliphatic carbocycles. The maximum Gasteiger partial charge on any atom is 0.123 e. The number of benzene rings is 1. The predicted octanol–water partition coefficient (Wildman–Crippen LogP) is 3.93. The molecule has 0 radical (unpaired) electrons. The van der Waals surface area contributed by atoms with Crippen molar-refractivity contribution in [3.63, 3.8) is 0 Å². The average Bonchev–Trinajstić information content (AvgIpc) is 2.39. The van der Waals surface area contributed by atoms with Crippen molar-refractivity contribution in [2.24, 2.45) is 0 Å². The van der Waals surface area contributed by atoms with Crippen molar-refractivity contribution in [1.82, 2.24) is 4.90 Å². The molecule has 0 heterocycles. The van der Waals surface area contributed by atoms with E-state index in [1.807, 2.05) is 12.1 Å². The van der Waals surface area contributed by atoms with Gasteiger partial charge in [0.05, 0.1) is 0 Å². The molecule has 0 fully saturated rings. The van der Waals surface area contributed by atoms with Crippen LogP contribution in [-0.2, 0) is 0 Å². The minimum atomic E-state index is -0.166. The Morgan fingerprint density at radius 1 is 1.29 bits per heavy atom. The molecule has 0 bridgehead atoms. The quantitative estimate of drug-likeness (QED) is 0.715. The van der Waals surface area contributed by atoms with Crippen molar-refractivity contribution >= 4 is 0 Å². The predicted molar refractivity (Wildman–Crippen MR) is 69.4 cm³/mol. The molecule has 2 atom stereocenters. The van der Waals surface area contributed by atoms with E-state index in [0.29, 0.717) is 12.1 Å². The molecule has 17 heavy (non-hydrogen) atoms. The van der Waals surface area contributed by atoms with Gasteiger partial charge in [0, 0.05) is 12.1 Å². The first-order chi connectivity index (χ1) is 8.18. The van der Waals surface area contributed by atoms with E-state index in [0.717, 1.165) is 0 Å². The molecule has 1 aliphatic rings. The maximum atomic E-state index is 12.9. The number of allylic oxidation sites excluding steroid dienone is 1. The van der Waals surface area contributed by atoms with Gasteiger partial charge in [0.1, 0.15) is 5.82 Å². The lowest BCUT2D eigenvalue weighted by Crippen LogP contribution is -2.33. The fourth-order valence-corrected chi connectivity index (χ4v) is 2.40. The first-order valence-corrected chi connectivity index (χ1v) is 6.32. The summed E-state index contributed by atoms with van der Waals surface area (Å²) in [5.74, 6) is -0.166. The molecule has 0 N–H and O–H groups in total. The monoisotopic (exact) mass is 233 g/mol. The Hall–Kier alpha value is -1.15. The van der Waals surface area contributed by atoms with Gasteiger partial charge in [-0.3, -0.25) is 4.90 Å². The summed E-state index contributed by atoms with van der Waals surface area (Å²) in [6, 6.07) is 7.67. The Kier molecular flexibility index (Phi) is 3.95. The fourth-order valence-electron chi connectivity index (χ4n) is 2.40. The normalized spacial score (nSPS) is 21.8. The summed E-state index contributed by atoms with van der Waals surface area (Å²) >= 11 is 0. The minimum absolute atomic E-state index is 0.166. The zero-order chi connectivity index (χ0) is 12.3. The second-order valence-corrected chi connectivity index (χ2v) is 4.82. The van der Waals surface area contributed by atoms with Gasteiger partial charge in [0.15, 0.2) is 0 Å². The molecule has 0 aliphatic heterocycles. The largest absolute Gasteiger partial charge is 0.293 e. The number of nitrogens with zero attached hydrogens (tertiary/aromatic N) is 1. The summed E-state index contributed by atoms with van der Waals surface area (Å²) in [6.07, 6.45) is 8.25. The van der Waals surface area contributed by atoms with Gasteiger partial charge in [-0.25, -0.2) is 4.39 Å². The van der Waals surface area contributed by atoms with E-state index in [9.17, 15) is 4.39 Å². The molecule has 0 saturated carbocycles. The van der Waals surface area contributed by atoms with Crippen molar-refractivity contribution in [3.8, 4) is 0 Å². The highest BCUT2D eigenvalue weighted by atomic mass is 19.1. The van der Waals surface area contributed by atoms with Gasteiger partial charge >= 0.3 is 0 Å². The lowest BCUT2D eigenvalue weighted by Gasteiger charge is -2.33. The number of rotatable bonds is 3. The van der Waals surface area contributed by atoms with E-state index in [1.165, 1.54) is 37.0 Å². The summed E-state index contributed by atoms with van der Waals surface area (Å²) in [4.78, 5) is 2.36. The standard InChI is InChI=1S/C15H20FN/c1-12(13-8-10-14(16)11-9-13)17(2)15-6-4-3-5-7-15/h4,6,8-12,15H,3,5,7H2,1-2H3. The average molecular weight is 233 g/mol. The van der Waals surface area contributed by atoms with E-state index in [2.05, 4.69) is 31.0 Å². The number of hydrogen-bond donors (Lipinski definition) is 0. The molecule has 1 aromatic rings. The first kappa shape index (κ1) is 12.3. The van der Waals surface area contributed by atoms with Gasteiger partial charge in [-0.05, 0) is 50.9 Å². The first-order valence-electron chi connectivity index (χ1n) is 6.32. The molecule has 2 unspecified atom stereocenters. The van der Waals surface area contributed by atoms with Crippen LogP contribution in [0.3, 0.4) is 0 Å². The number of hydrogen-bond acceptors (Lipinski definition) is 1. The zero-order valence-electron chi connectivity index (χ0n) is 10.6. The summed E-state index contributed by atoms with van der Waals surface area (Å²) in [6.45, 7) is 2.18. The molecule has 1 nitrogen and oxygen atoms in total. The molecule has 0 spiro atoms. The highest BCUT2D eigenvalue weighted by molar-refractivity contribution is 5.20. The Labute approximate surface area is 103 Å². The molecule has 2 heteroatoms. The van der Waals surface area contributed by atoms with Crippen molar-refractivity contribution < 1.29 is 4.39 Å². The zero-order valence-corrected chi connectivity index (χ0v) is 10.6. The SMILES string of the molecule is CC(c1ccc(F)cc1)N(C)C1C=CCCC1. The second-order valence-electron chi connectivity index (χ2n) is 4.82. The number of likely N-dealkylation sites (N-methyl/N-ethyl adjacent to an activating group) is 1. The lowest BCUT2D eigenvalue weighted by molar-refractivity contribution is 0.202. The lowest BCUT2D eigenvalue weighted by atomic mass is 9.98. The summed E-state index contributed by atoms with van der Waals surface area (Å²) in [5, 5.41) is 0. The van der Waals surface area contributed by atoms with E-state index in [4.69, 9.17) is 0 Å². The molecule has 0 saturated heterocycles. The van der Waals surface area contributed by atoms with E-state index < -0.39 is 0 Å². The summed E-state index contributed by atoms with van der Waals surface area (Å²) in [5.41, 5.74) is 1.17. The van der Waals surface area contributed by atoms with Crippen molar-refractivity contribution in [3.05, 3.63) is 47.8 Å². The fraction of sp³-hybridized carbons (Fsp3) is 0.467. The van der Waals surface area contributed by atoms with Crippen molar-refractivity contribution in [2.75, 3.05) is 7.05 Å². The van der Waals surface area contributed by atoms with E-state index in [1.54, 1.807) is 0 Å². The Bertz CT molecular complexity index is 382. The highest BCUT2D eigenvalue weighted by Crippen LogP contribution is 2.25. The molecule has 0 amide bonds. The minimum Gasteiger partial charge on any atom is -0.293 e. The van der Waals surface area contributed by atoms with E-state index >= 15 is 0 Å². The van der Waals surface area contributed by atoms with Gasteiger partial charge in [-0.15, -0.1) is 0 Å². The van der Waals surface area contributed by atoms with Gasteiger partial charge in [-0.2, -0.15) is 0 Å². The second kappa shape index (κ2) is 5.46. The number of halogens is 1. The van der Waals surface area contributed by atoms with Gasteiger partial charge in [0.25, 0.3) is 0 Å². The third kappa shape index (κ3) is 2.95. The highest BCUT2D eigenvalue weighted by Gasteiger charge is 2.19. The Balaban J connectivity index is 2.08. The van der Waals surface area contributed by atoms with Crippen LogP contribution in [-0.4, -0.2) is 18.0 Å². The third-order valence-corrected chi connectivity index (χ3v) is 3.72. The molecule has 1 aromatic carbocycles. The van der Waals surface area contributed by atoms with Crippen LogP contribution in [0.15, 0.2) is 36.4 Å². The van der Waals surface area contributed by atoms with Crippen molar-refractivity contribution in [2.45, 2.75) is 38.3 Å². The van der Waals surface area contributed by atoms with Crippen molar-refractivity contribution in [1.29, 1.82) is 0 Å². The molecular weight excluding hydrogens is 213 g/mol. The van der Waals surface area contributed by atoms with Crippen LogP contribution in [0.2, 0.25) is 0 Å². The third-order valence-electron chi connectivity index (χ3n) is 3.72. The maximum absolute atomic E-state index is 12.9. The topological polar surface area (TPSA) is 3.24 Å².